The Labute approximate surface area is 136 Å². The Bertz CT molecular complexity index is 82.3. The van der Waals surface area contributed by atoms with Crippen molar-refractivity contribution in [1.82, 2.24) is 0 Å². The van der Waals surface area contributed by atoms with E-state index in [4.69, 9.17) is 4.74 Å². The van der Waals surface area contributed by atoms with Gasteiger partial charge in [0, 0.05) is 13.2 Å². The van der Waals surface area contributed by atoms with Gasteiger partial charge in [0.1, 0.15) is 0 Å². The number of ether oxygens (including phenoxy) is 1. The summed E-state index contributed by atoms with van der Waals surface area (Å²) in [5.41, 5.74) is 0. The third-order valence-electron chi connectivity index (χ3n) is 2.26. The minimum absolute atomic E-state index is 0. The number of hydrogen-bond donors (Lipinski definition) is 0. The maximum atomic E-state index is 4.83. The predicted octanol–water partition coefficient (Wildman–Crippen LogP) is 1.63. The van der Waals surface area contributed by atoms with Crippen LogP contribution in [-0.2, 0) is 4.74 Å². The van der Waals surface area contributed by atoms with E-state index in [-0.39, 0.29) is 40.0 Å². The molecule has 0 aliphatic rings. The summed E-state index contributed by atoms with van der Waals surface area (Å²) in [6.07, 6.45) is 10.9. The van der Waals surface area contributed by atoms with Crippen molar-refractivity contribution in [3.8, 4) is 0 Å². The summed E-state index contributed by atoms with van der Waals surface area (Å²) < 4.78 is 4.83. The molecule has 0 heterocycles. The van der Waals surface area contributed by atoms with E-state index < -0.39 is 0 Å². The van der Waals surface area contributed by atoms with Crippen LogP contribution in [-0.4, -0.2) is 36.3 Å². The molecule has 102 valence electrons. The van der Waals surface area contributed by atoms with Crippen molar-refractivity contribution in [3.63, 3.8) is 0 Å². The molecule has 1 nitrogen and oxygen atoms in total. The van der Waals surface area contributed by atoms with E-state index in [2.05, 4.69) is 13.8 Å². The van der Waals surface area contributed by atoms with Crippen molar-refractivity contribution in [3.05, 3.63) is 6.92 Å². The van der Waals surface area contributed by atoms with Crippen molar-refractivity contribution < 1.29 is 21.7 Å². The minimum atomic E-state index is 0. The van der Waals surface area contributed by atoms with Crippen LogP contribution in [0, 0.1) is 6.92 Å². The first kappa shape index (κ1) is 26.7. The summed E-state index contributed by atoms with van der Waals surface area (Å²) >= 11 is 0. The second-order valence-electron chi connectivity index (χ2n) is 3.76. The molecule has 0 aliphatic heterocycles. The zero-order valence-corrected chi connectivity index (χ0v) is 15.3. The number of rotatable bonds is 9. The van der Waals surface area contributed by atoms with Gasteiger partial charge in [-0.1, -0.05) is 51.9 Å². The van der Waals surface area contributed by atoms with E-state index in [0.717, 1.165) is 19.6 Å². The van der Waals surface area contributed by atoms with Crippen molar-refractivity contribution in [2.75, 3.05) is 13.2 Å². The fourth-order valence-corrected chi connectivity index (χ4v) is 1.34. The van der Waals surface area contributed by atoms with Crippen LogP contribution in [0.1, 0.15) is 72.1 Å². The third-order valence-corrected chi connectivity index (χ3v) is 2.26. The molecule has 0 rings (SSSR count). The van der Waals surface area contributed by atoms with Gasteiger partial charge in [-0.15, -0.1) is 0 Å². The molecular weight excluding hydrogens is 288 g/mol. The monoisotopic (exact) mass is 318 g/mol. The second-order valence-corrected chi connectivity index (χ2v) is 3.76. The van der Waals surface area contributed by atoms with E-state index in [1.807, 2.05) is 13.8 Å². The topological polar surface area (TPSA) is 9.23 Å². The summed E-state index contributed by atoms with van der Waals surface area (Å²) in [5.74, 6) is 0. The van der Waals surface area contributed by atoms with Crippen molar-refractivity contribution >= 4 is 23.1 Å². The van der Waals surface area contributed by atoms with Crippen molar-refractivity contribution in [1.29, 1.82) is 0 Å². The van der Waals surface area contributed by atoms with Crippen LogP contribution >= 0.6 is 0 Å². The Morgan fingerprint density at radius 2 is 1.18 bits per heavy atom. The van der Waals surface area contributed by atoms with Gasteiger partial charge in [-0.05, 0) is 13.8 Å². The Kier molecular flexibility index (Phi) is 47.7. The van der Waals surface area contributed by atoms with Crippen LogP contribution in [0.15, 0.2) is 0 Å². The summed E-state index contributed by atoms with van der Waals surface area (Å²) in [7, 11) is 0. The molecule has 0 radical (unpaired) electrons. The summed E-state index contributed by atoms with van der Waals surface area (Å²) in [5, 5.41) is 0. The van der Waals surface area contributed by atoms with Crippen LogP contribution < -0.4 is 17.0 Å². The molecule has 0 aromatic carbocycles. The molecule has 0 aromatic rings. The largest absolute Gasteiger partial charge is 2.00 e. The summed E-state index contributed by atoms with van der Waals surface area (Å²) in [6.45, 7) is 11.7. The maximum Gasteiger partial charge on any atom is 2.00 e. The Morgan fingerprint density at radius 1 is 0.765 bits per heavy atom. The van der Waals surface area contributed by atoms with Gasteiger partial charge >= 0.3 is 23.1 Å². The van der Waals surface area contributed by atoms with Gasteiger partial charge in [-0.25, -0.2) is 0 Å². The van der Waals surface area contributed by atoms with Gasteiger partial charge in [0.2, 0.25) is 0 Å². The van der Waals surface area contributed by atoms with Crippen LogP contribution in [0.3, 0.4) is 0 Å². The van der Waals surface area contributed by atoms with Gasteiger partial charge in [0.15, 0.2) is 0 Å². The third kappa shape index (κ3) is 38.2. The van der Waals surface area contributed by atoms with E-state index in [0.29, 0.717) is 0 Å². The molecule has 0 fully saturated rings. The Hall–Kier alpha value is 1.21. The smallest absolute Gasteiger partial charge is 1.00 e. The summed E-state index contributed by atoms with van der Waals surface area (Å²) in [4.78, 5) is 0. The molecule has 3 heteroatoms. The van der Waals surface area contributed by atoms with E-state index in [1.54, 1.807) is 0 Å². The molecule has 0 amide bonds. The van der Waals surface area contributed by atoms with Crippen LogP contribution in [0.25, 0.3) is 0 Å². The molecule has 0 N–H and O–H groups in total. The molecule has 0 spiro atoms. The fraction of sp³-hybridized carbons (Fsp3) is 0.929. The van der Waals surface area contributed by atoms with E-state index in [9.17, 15) is 0 Å². The second kappa shape index (κ2) is 30.3. The average molecular weight is 320 g/mol. The molecule has 0 atom stereocenters. The Morgan fingerprint density at radius 3 is 1.47 bits per heavy atom. The van der Waals surface area contributed by atoms with Crippen LogP contribution in [0.5, 0.6) is 0 Å². The fourth-order valence-electron chi connectivity index (χ4n) is 1.34. The average Bonchev–Trinajstić information content (AvgIpc) is 2.25. The molecule has 0 unspecified atom stereocenters. The van der Waals surface area contributed by atoms with Gasteiger partial charge in [0.05, 0.1) is 0 Å². The zero-order chi connectivity index (χ0) is 11.8. The predicted molar refractivity (Wildman–Crippen MR) is 75.9 cm³/mol. The molecule has 0 saturated carbocycles. The Balaban J connectivity index is -0.000000105. The van der Waals surface area contributed by atoms with Crippen molar-refractivity contribution in [2.45, 2.75) is 72.1 Å². The number of halogens is 1. The zero-order valence-electron chi connectivity index (χ0n) is 12.3. The van der Waals surface area contributed by atoms with Crippen LogP contribution in [0.2, 0.25) is 0 Å². The minimum Gasteiger partial charge on any atom is -1.00 e. The molecule has 0 saturated heterocycles. The van der Waals surface area contributed by atoms with Crippen LogP contribution in [0.4, 0.5) is 0 Å². The first-order chi connectivity index (χ1) is 7.33. The molecule has 17 heavy (non-hydrogen) atoms. The number of hydrogen-bond acceptors (Lipinski definition) is 1. The SMILES string of the molecule is CCOCC.[Br-].[CH2-]CCCCCCCCC.[Mg+2]. The van der Waals surface area contributed by atoms with Gasteiger partial charge < -0.3 is 28.6 Å². The standard InChI is InChI=1S/C10H21.C4H10O.BrH.Mg/c1-3-5-7-9-10-8-6-4-2;1-3-5-4-2;;/h1,3-10H2,2H3;3-4H2,1-2H3;1H;/q-1;;;+2/p-1. The van der Waals surface area contributed by atoms with E-state index in [1.165, 1.54) is 44.9 Å². The van der Waals surface area contributed by atoms with E-state index >= 15 is 0 Å². The quantitative estimate of drug-likeness (QED) is 0.357. The summed E-state index contributed by atoms with van der Waals surface area (Å²) in [6, 6.07) is 0. The van der Waals surface area contributed by atoms with Crippen molar-refractivity contribution in [2.24, 2.45) is 0 Å². The normalized spacial score (nSPS) is 8.47. The molecule has 0 bridgehead atoms. The van der Waals surface area contributed by atoms with Gasteiger partial charge in [0.25, 0.3) is 0 Å². The molecule has 0 aromatic heterocycles. The molecular formula is C14H31BrMgO. The number of unbranched alkanes of at least 4 members (excludes halogenated alkanes) is 7. The van der Waals surface area contributed by atoms with Gasteiger partial charge in [-0.2, -0.15) is 6.42 Å². The first-order valence-corrected chi connectivity index (χ1v) is 6.70. The maximum absolute atomic E-state index is 4.83. The first-order valence-electron chi connectivity index (χ1n) is 6.70. The molecule has 0 aliphatic carbocycles. The van der Waals surface area contributed by atoms with Gasteiger partial charge in [-0.3, -0.25) is 0 Å².